The van der Waals surface area contributed by atoms with E-state index in [0.29, 0.717) is 4.43 Å². The van der Waals surface area contributed by atoms with Crippen LogP contribution in [0.2, 0.25) is 0 Å². The molecule has 0 aliphatic carbocycles. The molecule has 1 heterocycles. The number of rotatable bonds is 4. The molecule has 0 aromatic carbocycles. The lowest BCUT2D eigenvalue weighted by atomic mass is 10.1. The van der Waals surface area contributed by atoms with E-state index < -0.39 is 41.4 Å². The quantitative estimate of drug-likeness (QED) is 0.164. The smallest absolute Gasteiger partial charge is 0.266 e. The lowest BCUT2D eigenvalue weighted by molar-refractivity contribution is -0.0183. The van der Waals surface area contributed by atoms with Crippen LogP contribution >= 0.6 is 127 Å². The topological polar surface area (TPSA) is 87.8 Å². The van der Waals surface area contributed by atoms with Crippen LogP contribution in [0.1, 0.15) is 0 Å². The van der Waals surface area contributed by atoms with Crippen molar-refractivity contribution in [1.82, 2.24) is 0 Å². The second kappa shape index (κ2) is 10.4. The van der Waals surface area contributed by atoms with Gasteiger partial charge in [-0.3, -0.25) is 10.8 Å². The predicted molar refractivity (Wildman–Crippen MR) is 122 cm³/mol. The van der Waals surface area contributed by atoms with Gasteiger partial charge in [-0.1, -0.05) is 127 Å². The summed E-state index contributed by atoms with van der Waals surface area (Å²) >= 11 is 53.2. The highest BCUT2D eigenvalue weighted by atomic mass is 127. The van der Waals surface area contributed by atoms with Crippen molar-refractivity contribution in [3.05, 3.63) is 0 Å². The van der Waals surface area contributed by atoms with Crippen molar-refractivity contribution in [2.75, 3.05) is 11.0 Å². The highest BCUT2D eigenvalue weighted by Crippen LogP contribution is 2.36. The molecule has 6 nitrogen and oxygen atoms in total. The van der Waals surface area contributed by atoms with Gasteiger partial charge in [0.25, 0.3) is 11.4 Å². The molecular formula is C11H9Cl9IN3O3. The van der Waals surface area contributed by atoms with E-state index in [0.717, 1.165) is 0 Å². The highest BCUT2D eigenvalue weighted by Gasteiger charge is 2.46. The number of nitrogens with one attached hydrogen (secondary N) is 2. The van der Waals surface area contributed by atoms with Crippen LogP contribution in [0, 0.1) is 10.8 Å². The number of aliphatic imine (C=N–C) groups is 1. The molecule has 27 heavy (non-hydrogen) atoms. The number of alkyl halides is 10. The molecule has 3 atom stereocenters. The third kappa shape index (κ3) is 8.42. The second-order valence-electron chi connectivity index (χ2n) is 4.86. The largest absolute Gasteiger partial charge is 0.474 e. The van der Waals surface area contributed by atoms with E-state index in [1.807, 2.05) is 22.6 Å². The fraction of sp³-hybridized carbons (Fsp3) is 0.727. The van der Waals surface area contributed by atoms with Crippen LogP contribution in [0.3, 0.4) is 0 Å². The minimum atomic E-state index is -2.12. The number of hydrogen-bond donors (Lipinski definition) is 2. The molecular weight excluding hydrogens is 668 g/mol. The van der Waals surface area contributed by atoms with E-state index in [9.17, 15) is 0 Å². The van der Waals surface area contributed by atoms with Gasteiger partial charge in [0.1, 0.15) is 12.6 Å². The Bertz CT molecular complexity index is 603. The molecule has 16 heteroatoms. The summed E-state index contributed by atoms with van der Waals surface area (Å²) in [6, 6.07) is -0.659. The molecule has 0 saturated heterocycles. The molecule has 0 fully saturated rings. The molecule has 0 amide bonds. The zero-order chi connectivity index (χ0) is 21.2. The van der Waals surface area contributed by atoms with Gasteiger partial charge >= 0.3 is 0 Å². The Morgan fingerprint density at radius 2 is 1.52 bits per heavy atom. The summed E-state index contributed by atoms with van der Waals surface area (Å²) in [5, 5.41) is 15.4. The summed E-state index contributed by atoms with van der Waals surface area (Å²) in [5.74, 6) is -1.58. The molecule has 0 bridgehead atoms. The molecule has 0 aromatic heterocycles. The van der Waals surface area contributed by atoms with Gasteiger partial charge in [0, 0.05) is 4.43 Å². The number of halogens is 10. The van der Waals surface area contributed by atoms with Crippen molar-refractivity contribution >= 4 is 145 Å². The van der Waals surface area contributed by atoms with Gasteiger partial charge in [-0.2, -0.15) is 0 Å². The van der Waals surface area contributed by atoms with E-state index in [1.54, 1.807) is 0 Å². The monoisotopic (exact) mass is 673 g/mol. The first-order valence-corrected chi connectivity index (χ1v) is 11.5. The Balaban J connectivity index is 3.12. The molecule has 0 spiro atoms. The minimum absolute atomic E-state index is 0.233. The third-order valence-electron chi connectivity index (χ3n) is 2.85. The second-order valence-corrected chi connectivity index (χ2v) is 12.6. The minimum Gasteiger partial charge on any atom is -0.474 e. The van der Waals surface area contributed by atoms with Crippen molar-refractivity contribution < 1.29 is 14.2 Å². The zero-order valence-corrected chi connectivity index (χ0v) is 21.6. The fourth-order valence-corrected chi connectivity index (χ4v) is 2.98. The summed E-state index contributed by atoms with van der Waals surface area (Å²) in [4.78, 5) is 4.17. The van der Waals surface area contributed by atoms with Crippen LogP contribution in [0.15, 0.2) is 4.99 Å². The summed E-state index contributed by atoms with van der Waals surface area (Å²) in [6.45, 7) is -0.364. The number of hydrogen-bond acceptors (Lipinski definition) is 6. The summed E-state index contributed by atoms with van der Waals surface area (Å²) in [7, 11) is 0. The van der Waals surface area contributed by atoms with Crippen LogP contribution in [0.4, 0.5) is 0 Å². The summed E-state index contributed by atoms with van der Waals surface area (Å²) < 4.78 is 10.2. The van der Waals surface area contributed by atoms with Crippen molar-refractivity contribution in [3.8, 4) is 0 Å². The standard InChI is InChI=1S/C11H9Cl9IN3O3/c12-9(13,14)6(22)25-2-4-5(27-7(23)10(15,16)17)3(1-21)24-8(26-4)11(18,19)20/h3-5,22-23H,1-2H2/t3-,4-,5-/m0/s1. The molecule has 0 saturated carbocycles. The molecule has 1 aliphatic heterocycles. The SMILES string of the molecule is N=C(OC[C@@H]1OC(C(Cl)(Cl)Cl)=N[C@@H](CI)[C@@H]1OC(=N)C(Cl)(Cl)Cl)C(Cl)(Cl)Cl. The zero-order valence-electron chi connectivity index (χ0n) is 12.6. The van der Waals surface area contributed by atoms with Gasteiger partial charge in [-0.05, 0) is 0 Å². The first-order valence-electron chi connectivity index (χ1n) is 6.56. The van der Waals surface area contributed by atoms with Crippen molar-refractivity contribution in [3.63, 3.8) is 0 Å². The van der Waals surface area contributed by atoms with Gasteiger partial charge < -0.3 is 14.2 Å². The maximum atomic E-state index is 7.77. The van der Waals surface area contributed by atoms with E-state index in [1.165, 1.54) is 0 Å². The van der Waals surface area contributed by atoms with Gasteiger partial charge in [0.2, 0.25) is 17.7 Å². The van der Waals surface area contributed by atoms with Gasteiger partial charge in [-0.25, -0.2) is 4.99 Å². The maximum Gasteiger partial charge on any atom is 0.266 e. The van der Waals surface area contributed by atoms with Crippen molar-refractivity contribution in [2.45, 2.75) is 29.6 Å². The molecule has 0 radical (unpaired) electrons. The fourth-order valence-electron chi connectivity index (χ4n) is 1.71. The average Bonchev–Trinajstić information content (AvgIpc) is 2.50. The van der Waals surface area contributed by atoms with E-state index in [4.69, 9.17) is 129 Å². The third-order valence-corrected chi connectivity index (χ3v) is 5.27. The van der Waals surface area contributed by atoms with Gasteiger partial charge in [0.05, 0.1) is 0 Å². The molecule has 0 unspecified atom stereocenters. The number of ether oxygens (including phenoxy) is 3. The van der Waals surface area contributed by atoms with Crippen LogP contribution in [-0.4, -0.2) is 58.4 Å². The van der Waals surface area contributed by atoms with Gasteiger partial charge in [0.15, 0.2) is 12.2 Å². The molecule has 0 aromatic rings. The molecule has 156 valence electrons. The Morgan fingerprint density at radius 3 is 1.93 bits per heavy atom. The Morgan fingerprint density at radius 1 is 1.00 bits per heavy atom. The highest BCUT2D eigenvalue weighted by molar-refractivity contribution is 14.1. The molecule has 1 rings (SSSR count). The Hall–Kier alpha value is 1.75. The lowest BCUT2D eigenvalue weighted by Gasteiger charge is -2.37. The van der Waals surface area contributed by atoms with E-state index in [-0.39, 0.29) is 12.5 Å². The first-order chi connectivity index (χ1) is 12.1. The normalized spacial score (nSPS) is 23.9. The average molecular weight is 677 g/mol. The molecule has 2 N–H and O–H groups in total. The van der Waals surface area contributed by atoms with Crippen LogP contribution < -0.4 is 0 Å². The van der Waals surface area contributed by atoms with Crippen LogP contribution in [0.5, 0.6) is 0 Å². The first kappa shape index (κ1) is 26.8. The van der Waals surface area contributed by atoms with Crippen LogP contribution in [-0.2, 0) is 14.2 Å². The Kier molecular flexibility index (Phi) is 10.3. The van der Waals surface area contributed by atoms with E-state index in [2.05, 4.69) is 4.99 Å². The number of nitrogens with zero attached hydrogens (tertiary/aromatic N) is 1. The van der Waals surface area contributed by atoms with Crippen LogP contribution in [0.25, 0.3) is 0 Å². The van der Waals surface area contributed by atoms with Gasteiger partial charge in [-0.15, -0.1) is 0 Å². The summed E-state index contributed by atoms with van der Waals surface area (Å²) in [6.07, 6.45) is -2.02. The molecule has 1 aliphatic rings. The lowest BCUT2D eigenvalue weighted by Crippen LogP contribution is -2.52. The maximum absolute atomic E-state index is 7.77. The van der Waals surface area contributed by atoms with E-state index >= 15 is 0 Å². The summed E-state index contributed by atoms with van der Waals surface area (Å²) in [5.41, 5.74) is 0. The van der Waals surface area contributed by atoms with Crippen molar-refractivity contribution in [2.24, 2.45) is 4.99 Å². The van der Waals surface area contributed by atoms with Crippen molar-refractivity contribution in [1.29, 1.82) is 10.8 Å². The Labute approximate surface area is 213 Å². The predicted octanol–water partition coefficient (Wildman–Crippen LogP) is 6.05.